The molecular formula is C16H10ClN5O2. The average molecular weight is 340 g/mol. The fourth-order valence-electron chi connectivity index (χ4n) is 1.95. The molecule has 8 heteroatoms. The second-order valence-electron chi connectivity index (χ2n) is 4.69. The predicted molar refractivity (Wildman–Crippen MR) is 87.1 cm³/mol. The Morgan fingerprint density at radius 2 is 2.08 bits per heavy atom. The van der Waals surface area contributed by atoms with E-state index in [0.29, 0.717) is 16.5 Å². The normalized spacial score (nSPS) is 11.1. The van der Waals surface area contributed by atoms with Gasteiger partial charge in [0.05, 0.1) is 0 Å². The molecule has 0 fully saturated rings. The van der Waals surface area contributed by atoms with Gasteiger partial charge in [-0.1, -0.05) is 23.7 Å². The summed E-state index contributed by atoms with van der Waals surface area (Å²) in [6.45, 7) is 0. The minimum Gasteiger partial charge on any atom is -0.457 e. The Bertz CT molecular complexity index is 938. The zero-order valence-corrected chi connectivity index (χ0v) is 12.9. The highest BCUT2D eigenvalue weighted by Gasteiger charge is 2.11. The molecule has 24 heavy (non-hydrogen) atoms. The van der Waals surface area contributed by atoms with E-state index in [-0.39, 0.29) is 5.57 Å². The molecule has 0 aliphatic rings. The quantitative estimate of drug-likeness (QED) is 0.582. The van der Waals surface area contributed by atoms with Crippen molar-refractivity contribution in [2.45, 2.75) is 0 Å². The predicted octanol–water partition coefficient (Wildman–Crippen LogP) is 2.87. The van der Waals surface area contributed by atoms with Gasteiger partial charge in [0, 0.05) is 16.7 Å². The number of amides is 1. The maximum atomic E-state index is 12.0. The SMILES string of the molecule is N#C/C(=C/c1ccc(-c2cccc(Cl)c2)o1)C(=O)Nn1cnnc1. The van der Waals surface area contributed by atoms with Crippen molar-refractivity contribution >= 4 is 23.6 Å². The number of carbonyl (C=O) groups is 1. The Kier molecular flexibility index (Phi) is 4.40. The van der Waals surface area contributed by atoms with Crippen molar-refractivity contribution < 1.29 is 9.21 Å². The molecule has 1 N–H and O–H groups in total. The molecule has 0 aliphatic heterocycles. The van der Waals surface area contributed by atoms with Gasteiger partial charge in [0.15, 0.2) is 0 Å². The summed E-state index contributed by atoms with van der Waals surface area (Å²) in [5, 5.41) is 16.9. The Labute approximate surface area is 141 Å². The summed E-state index contributed by atoms with van der Waals surface area (Å²) in [5.41, 5.74) is 3.13. The number of hydrogen-bond donors (Lipinski definition) is 1. The van der Waals surface area contributed by atoms with Crippen LogP contribution in [-0.2, 0) is 4.79 Å². The molecule has 0 bridgehead atoms. The van der Waals surface area contributed by atoms with Crippen molar-refractivity contribution in [3.05, 3.63) is 65.4 Å². The molecule has 2 aromatic heterocycles. The molecule has 7 nitrogen and oxygen atoms in total. The lowest BCUT2D eigenvalue weighted by molar-refractivity contribution is -0.113. The maximum Gasteiger partial charge on any atom is 0.280 e. The van der Waals surface area contributed by atoms with Crippen LogP contribution >= 0.6 is 11.6 Å². The number of nitrogens with zero attached hydrogens (tertiary/aromatic N) is 4. The number of rotatable bonds is 4. The van der Waals surface area contributed by atoms with Crippen LogP contribution in [0.5, 0.6) is 0 Å². The van der Waals surface area contributed by atoms with Crippen LogP contribution in [0.25, 0.3) is 17.4 Å². The highest BCUT2D eigenvalue weighted by atomic mass is 35.5. The van der Waals surface area contributed by atoms with Crippen molar-refractivity contribution in [2.24, 2.45) is 0 Å². The van der Waals surface area contributed by atoms with Crippen LogP contribution in [0.2, 0.25) is 5.02 Å². The van der Waals surface area contributed by atoms with Gasteiger partial charge < -0.3 is 4.42 Å². The molecule has 2 heterocycles. The number of aromatic nitrogens is 3. The van der Waals surface area contributed by atoms with E-state index in [4.69, 9.17) is 21.3 Å². The third-order valence-electron chi connectivity index (χ3n) is 3.04. The van der Waals surface area contributed by atoms with E-state index in [0.717, 1.165) is 5.56 Å². The van der Waals surface area contributed by atoms with E-state index < -0.39 is 5.91 Å². The largest absolute Gasteiger partial charge is 0.457 e. The third kappa shape index (κ3) is 3.51. The lowest BCUT2D eigenvalue weighted by Gasteiger charge is -2.02. The lowest BCUT2D eigenvalue weighted by Crippen LogP contribution is -2.22. The van der Waals surface area contributed by atoms with Crippen molar-refractivity contribution in [3.8, 4) is 17.4 Å². The first-order chi connectivity index (χ1) is 11.7. The molecule has 0 aliphatic carbocycles. The molecule has 118 valence electrons. The summed E-state index contributed by atoms with van der Waals surface area (Å²) in [5.74, 6) is 0.360. The topological polar surface area (TPSA) is 96.7 Å². The molecule has 0 radical (unpaired) electrons. The van der Waals surface area contributed by atoms with Crippen molar-refractivity contribution in [1.82, 2.24) is 14.9 Å². The molecule has 0 saturated carbocycles. The van der Waals surface area contributed by atoms with Gasteiger partial charge in [-0.15, -0.1) is 10.2 Å². The molecule has 0 atom stereocenters. The maximum absolute atomic E-state index is 12.0. The number of halogens is 1. The van der Waals surface area contributed by atoms with Crippen LogP contribution in [0.15, 0.2) is 59.0 Å². The number of nitriles is 1. The number of carbonyl (C=O) groups excluding carboxylic acids is 1. The Hall–Kier alpha value is -3.37. The number of benzene rings is 1. The molecule has 0 saturated heterocycles. The molecule has 0 spiro atoms. The highest BCUT2D eigenvalue weighted by Crippen LogP contribution is 2.25. The summed E-state index contributed by atoms with van der Waals surface area (Å²) >= 11 is 5.96. The lowest BCUT2D eigenvalue weighted by atomic mass is 10.2. The van der Waals surface area contributed by atoms with E-state index in [9.17, 15) is 4.79 Å². The van der Waals surface area contributed by atoms with Gasteiger partial charge in [-0.3, -0.25) is 10.2 Å². The van der Waals surface area contributed by atoms with Crippen molar-refractivity contribution in [1.29, 1.82) is 5.26 Å². The second kappa shape index (κ2) is 6.81. The van der Waals surface area contributed by atoms with Crippen LogP contribution in [0.4, 0.5) is 0 Å². The molecule has 3 rings (SSSR count). The summed E-state index contributed by atoms with van der Waals surface area (Å²) in [6, 6.07) is 12.4. The van der Waals surface area contributed by atoms with Crippen LogP contribution in [0.3, 0.4) is 0 Å². The van der Waals surface area contributed by atoms with Gasteiger partial charge in [0.2, 0.25) is 0 Å². The highest BCUT2D eigenvalue weighted by molar-refractivity contribution is 6.30. The van der Waals surface area contributed by atoms with Crippen LogP contribution in [0, 0.1) is 11.3 Å². The number of hydrogen-bond acceptors (Lipinski definition) is 5. The van der Waals surface area contributed by atoms with Crippen LogP contribution < -0.4 is 5.43 Å². The van der Waals surface area contributed by atoms with Gasteiger partial charge in [-0.2, -0.15) is 5.26 Å². The standard InChI is InChI=1S/C16H10ClN5O2/c17-13-3-1-2-11(6-13)15-5-4-14(24-15)7-12(8-18)16(23)21-22-9-19-20-10-22/h1-7,9-10H,(H,21,23)/b12-7-. The first-order valence-electron chi connectivity index (χ1n) is 6.79. The minimum atomic E-state index is -0.599. The van der Waals surface area contributed by atoms with Gasteiger partial charge in [-0.25, -0.2) is 4.68 Å². The van der Waals surface area contributed by atoms with E-state index in [1.165, 1.54) is 23.4 Å². The van der Waals surface area contributed by atoms with Gasteiger partial charge >= 0.3 is 0 Å². The van der Waals surface area contributed by atoms with E-state index >= 15 is 0 Å². The summed E-state index contributed by atoms with van der Waals surface area (Å²) in [6.07, 6.45) is 3.96. The smallest absolute Gasteiger partial charge is 0.280 e. The van der Waals surface area contributed by atoms with Gasteiger partial charge in [0.1, 0.15) is 35.8 Å². The van der Waals surface area contributed by atoms with Crippen LogP contribution in [0.1, 0.15) is 5.76 Å². The Morgan fingerprint density at radius 3 is 2.79 bits per heavy atom. The Morgan fingerprint density at radius 1 is 1.29 bits per heavy atom. The first kappa shape index (κ1) is 15.5. The summed E-state index contributed by atoms with van der Waals surface area (Å²) < 4.78 is 6.89. The minimum absolute atomic E-state index is 0.115. The molecular weight excluding hydrogens is 330 g/mol. The fourth-order valence-corrected chi connectivity index (χ4v) is 2.14. The number of furan rings is 1. The van der Waals surface area contributed by atoms with Crippen LogP contribution in [-0.4, -0.2) is 20.8 Å². The average Bonchev–Trinajstić information content (AvgIpc) is 3.24. The zero-order valence-electron chi connectivity index (χ0n) is 12.2. The fraction of sp³-hybridized carbons (Fsp3) is 0. The van der Waals surface area contributed by atoms with E-state index in [2.05, 4.69) is 15.6 Å². The number of nitrogens with one attached hydrogen (secondary N) is 1. The third-order valence-corrected chi connectivity index (χ3v) is 3.27. The summed E-state index contributed by atoms with van der Waals surface area (Å²) in [4.78, 5) is 12.0. The monoisotopic (exact) mass is 339 g/mol. The first-order valence-corrected chi connectivity index (χ1v) is 7.17. The van der Waals surface area contributed by atoms with Crippen molar-refractivity contribution in [2.75, 3.05) is 5.43 Å². The molecule has 1 aromatic carbocycles. The second-order valence-corrected chi connectivity index (χ2v) is 5.13. The zero-order chi connectivity index (χ0) is 16.9. The summed E-state index contributed by atoms with van der Waals surface area (Å²) in [7, 11) is 0. The molecule has 1 amide bonds. The Balaban J connectivity index is 1.82. The molecule has 0 unspecified atom stereocenters. The van der Waals surface area contributed by atoms with Gasteiger partial charge in [0.25, 0.3) is 5.91 Å². The van der Waals surface area contributed by atoms with Crippen molar-refractivity contribution in [3.63, 3.8) is 0 Å². The van der Waals surface area contributed by atoms with E-state index in [1.807, 2.05) is 18.2 Å². The van der Waals surface area contributed by atoms with Gasteiger partial charge in [-0.05, 0) is 24.3 Å². The van der Waals surface area contributed by atoms with E-state index in [1.54, 1.807) is 24.3 Å². The molecule has 3 aromatic rings.